The molecule has 226 valence electrons. The number of amides is 2. The average Bonchev–Trinajstić information content (AvgIpc) is 3.62. The quantitative estimate of drug-likeness (QED) is 0.313. The van der Waals surface area contributed by atoms with Crippen molar-refractivity contribution in [3.63, 3.8) is 0 Å². The lowest BCUT2D eigenvalue weighted by Gasteiger charge is -2.38. The third-order valence-electron chi connectivity index (χ3n) is 9.31. The fourth-order valence-electron chi connectivity index (χ4n) is 6.55. The summed E-state index contributed by atoms with van der Waals surface area (Å²) in [6.07, 6.45) is 3.71. The number of hydrogen-bond acceptors (Lipinski definition) is 7. The van der Waals surface area contributed by atoms with Crippen LogP contribution in [-0.2, 0) is 31.5 Å². The molecule has 0 spiro atoms. The van der Waals surface area contributed by atoms with Gasteiger partial charge in [-0.3, -0.25) is 5.32 Å². The zero-order valence-electron chi connectivity index (χ0n) is 25.7. The van der Waals surface area contributed by atoms with Gasteiger partial charge in [-0.25, -0.2) is 14.8 Å². The number of hydrogen-bond donors (Lipinski definition) is 1. The van der Waals surface area contributed by atoms with Crippen LogP contribution in [0.15, 0.2) is 36.8 Å². The Bertz CT molecular complexity index is 1460. The molecule has 6 rings (SSSR count). The van der Waals surface area contributed by atoms with Crippen molar-refractivity contribution in [3.05, 3.63) is 53.5 Å². The van der Waals surface area contributed by atoms with Crippen molar-refractivity contribution in [3.8, 4) is 0 Å². The molecule has 42 heavy (non-hydrogen) atoms. The predicted molar refractivity (Wildman–Crippen MR) is 163 cm³/mol. The number of carbonyl (C=O) groups excluding carboxylic acids is 1. The Balaban J connectivity index is 1.40. The van der Waals surface area contributed by atoms with Gasteiger partial charge in [-0.2, -0.15) is 0 Å². The molecule has 3 aliphatic rings. The molecule has 0 bridgehead atoms. The molecule has 10 nitrogen and oxygen atoms in total. The summed E-state index contributed by atoms with van der Waals surface area (Å²) in [7, 11) is 1.34. The fraction of sp³-hybridized carbons (Fsp3) is 0.581. The topological polar surface area (TPSA) is 100.0 Å². The van der Waals surface area contributed by atoms with Crippen molar-refractivity contribution < 1.29 is 23.4 Å². The average molecular weight is 594 g/mol. The van der Waals surface area contributed by atoms with Crippen LogP contribution in [0.4, 0.5) is 10.6 Å². The molecule has 3 aromatic rings. The highest BCUT2D eigenvalue weighted by molar-refractivity contribution is 6.73. The summed E-state index contributed by atoms with van der Waals surface area (Å²) in [5.41, 5.74) is 4.61. The normalized spacial score (nSPS) is 25.1. The van der Waals surface area contributed by atoms with Crippen LogP contribution in [0.1, 0.15) is 63.6 Å². The minimum atomic E-state index is -2.04. The van der Waals surface area contributed by atoms with Crippen LogP contribution < -0.4 is 5.32 Å². The van der Waals surface area contributed by atoms with Crippen LogP contribution in [0.3, 0.4) is 0 Å². The van der Waals surface area contributed by atoms with E-state index in [1.54, 1.807) is 14.1 Å². The van der Waals surface area contributed by atoms with E-state index < -0.39 is 20.3 Å². The van der Waals surface area contributed by atoms with Gasteiger partial charge in [0.15, 0.2) is 20.3 Å². The number of carbonyl (C=O) groups is 1. The van der Waals surface area contributed by atoms with Crippen LogP contribution in [-0.4, -0.2) is 72.0 Å². The maximum absolute atomic E-state index is 12.4. The molecule has 1 N–H and O–H groups in total. The Morgan fingerprint density at radius 3 is 2.45 bits per heavy atom. The molecule has 1 aliphatic carbocycles. The van der Waals surface area contributed by atoms with Crippen molar-refractivity contribution in [1.29, 1.82) is 0 Å². The lowest BCUT2D eigenvalue weighted by atomic mass is 9.85. The number of aromatic nitrogens is 3. The number of aryl methyl sites for hydroxylation is 2. The Morgan fingerprint density at radius 2 is 1.81 bits per heavy atom. The largest absolute Gasteiger partial charge is 0.407 e. The van der Waals surface area contributed by atoms with E-state index in [9.17, 15) is 4.79 Å². The van der Waals surface area contributed by atoms with E-state index in [1.165, 1.54) is 22.4 Å². The zero-order chi connectivity index (χ0) is 29.8. The summed E-state index contributed by atoms with van der Waals surface area (Å²) in [6.45, 7) is 10.7. The van der Waals surface area contributed by atoms with Crippen LogP contribution in [0.25, 0.3) is 11.0 Å². The zero-order valence-corrected chi connectivity index (χ0v) is 26.7. The number of nitrogens with zero attached hydrogens (tertiary/aromatic N) is 4. The molecular weight excluding hydrogens is 550 g/mol. The first kappa shape index (κ1) is 29.2. The maximum Gasteiger partial charge on any atom is 0.322 e. The second kappa shape index (κ2) is 11.0. The minimum Gasteiger partial charge on any atom is -0.407 e. The Hall–Kier alpha value is -2.83. The number of nitrogens with one attached hydrogen (secondary N) is 1. The molecule has 1 unspecified atom stereocenters. The molecule has 2 saturated heterocycles. The van der Waals surface area contributed by atoms with E-state index in [1.807, 2.05) is 30.7 Å². The van der Waals surface area contributed by atoms with E-state index in [4.69, 9.17) is 18.6 Å². The summed E-state index contributed by atoms with van der Waals surface area (Å²) >= 11 is 0. The van der Waals surface area contributed by atoms with Gasteiger partial charge in [-0.05, 0) is 67.6 Å². The van der Waals surface area contributed by atoms with Gasteiger partial charge < -0.3 is 28.1 Å². The molecular formula is C31H43N5O5Si. The Labute approximate surface area is 248 Å². The van der Waals surface area contributed by atoms with E-state index in [-0.39, 0.29) is 30.4 Å². The number of ether oxygens (including phenoxy) is 3. The summed E-state index contributed by atoms with van der Waals surface area (Å²) in [6, 6.07) is 11.5. The fourth-order valence-corrected chi connectivity index (χ4v) is 9.36. The lowest BCUT2D eigenvalue weighted by molar-refractivity contribution is -0.206. The minimum absolute atomic E-state index is 0.261. The van der Waals surface area contributed by atoms with Crippen LogP contribution >= 0.6 is 0 Å². The highest BCUT2D eigenvalue weighted by atomic mass is 28.4. The second-order valence-corrected chi connectivity index (χ2v) is 17.1. The van der Waals surface area contributed by atoms with Gasteiger partial charge in [0.25, 0.3) is 0 Å². The van der Waals surface area contributed by atoms with E-state index in [2.05, 4.69) is 54.3 Å². The van der Waals surface area contributed by atoms with Gasteiger partial charge in [-0.1, -0.05) is 39.0 Å². The van der Waals surface area contributed by atoms with E-state index in [0.29, 0.717) is 11.5 Å². The van der Waals surface area contributed by atoms with Gasteiger partial charge in [0.2, 0.25) is 0 Å². The first-order chi connectivity index (χ1) is 20.1. The number of rotatable bonds is 9. The Kier molecular flexibility index (Phi) is 7.67. The summed E-state index contributed by atoms with van der Waals surface area (Å²) in [5.74, 6) is -0.335. The predicted octanol–water partition coefficient (Wildman–Crippen LogP) is 5.80. The van der Waals surface area contributed by atoms with Crippen LogP contribution in [0.5, 0.6) is 0 Å². The van der Waals surface area contributed by atoms with E-state index >= 15 is 0 Å². The number of anilines is 1. The number of benzene rings is 1. The molecule has 11 heteroatoms. The first-order valence-electron chi connectivity index (χ1n) is 15.2. The van der Waals surface area contributed by atoms with Gasteiger partial charge >= 0.3 is 6.03 Å². The van der Waals surface area contributed by atoms with Crippen LogP contribution in [0.2, 0.25) is 18.1 Å². The standard InChI is InChI=1S/C31H43N5O5Si/c1-8-42(9-2,10-3)41-23(21-14-12-19-11-13-20(19)17-21)24-25-26(40-31(4,5)39-25)29(38-24)36-16-15-22-27(32-18-33-28(22)36)34-30(37)35(6)7/h12,14-18,23-26,29H,8-11,13H2,1-7H3,(H,32,33,34,37)/t23?,24-,25-,26-,29-/m1/s1. The highest BCUT2D eigenvalue weighted by Crippen LogP contribution is 2.49. The molecule has 2 amide bonds. The molecule has 2 aromatic heterocycles. The third kappa shape index (κ3) is 5.04. The third-order valence-corrected chi connectivity index (χ3v) is 13.9. The monoisotopic (exact) mass is 593 g/mol. The van der Waals surface area contributed by atoms with Crippen molar-refractivity contribution in [1.82, 2.24) is 19.4 Å². The molecule has 4 heterocycles. The molecule has 5 atom stereocenters. The SMILES string of the molecule is CC[Si](CC)(CC)OC(c1ccc2c(c1)CC2)[C@H]1O[C@@H](n2ccc3c(NC(=O)N(C)C)ncnc32)[C@@H]2OC(C)(C)O[C@@H]21. The van der Waals surface area contributed by atoms with Crippen molar-refractivity contribution in [2.75, 3.05) is 19.4 Å². The summed E-state index contributed by atoms with van der Waals surface area (Å²) in [4.78, 5) is 22.8. The van der Waals surface area contributed by atoms with Gasteiger partial charge in [0.05, 0.1) is 11.5 Å². The molecule has 0 radical (unpaired) electrons. The summed E-state index contributed by atoms with van der Waals surface area (Å²) < 4.78 is 29.4. The molecule has 2 aliphatic heterocycles. The van der Waals surface area contributed by atoms with Gasteiger partial charge in [0.1, 0.15) is 36.1 Å². The van der Waals surface area contributed by atoms with Gasteiger partial charge in [-0.15, -0.1) is 0 Å². The Morgan fingerprint density at radius 1 is 1.10 bits per heavy atom. The van der Waals surface area contributed by atoms with Crippen LogP contribution in [0, 0.1) is 0 Å². The molecule has 2 fully saturated rings. The summed E-state index contributed by atoms with van der Waals surface area (Å²) in [5, 5.41) is 3.59. The van der Waals surface area contributed by atoms with Crippen molar-refractivity contribution >= 4 is 31.2 Å². The number of fused-ring (bicyclic) bond motifs is 3. The van der Waals surface area contributed by atoms with Crippen molar-refractivity contribution in [2.24, 2.45) is 0 Å². The molecule has 1 aromatic carbocycles. The second-order valence-electron chi connectivity index (χ2n) is 12.4. The van der Waals surface area contributed by atoms with E-state index in [0.717, 1.165) is 41.9 Å². The smallest absolute Gasteiger partial charge is 0.322 e. The van der Waals surface area contributed by atoms with Gasteiger partial charge in [0, 0.05) is 20.3 Å². The number of urea groups is 1. The first-order valence-corrected chi connectivity index (χ1v) is 17.7. The lowest BCUT2D eigenvalue weighted by Crippen LogP contribution is -2.43. The maximum atomic E-state index is 12.4. The highest BCUT2D eigenvalue weighted by Gasteiger charge is 2.59. The van der Waals surface area contributed by atoms with Crippen molar-refractivity contribution in [2.45, 2.75) is 102 Å². The molecule has 0 saturated carbocycles.